The lowest BCUT2D eigenvalue weighted by atomic mass is 10.2. The van der Waals surface area contributed by atoms with E-state index in [0.717, 1.165) is 15.9 Å². The fraction of sp³-hybridized carbons (Fsp3) is 0.0769. The molecule has 0 fully saturated rings. The van der Waals surface area contributed by atoms with Gasteiger partial charge in [-0.05, 0) is 47.1 Å². The van der Waals surface area contributed by atoms with Crippen LogP contribution in [0.15, 0.2) is 46.9 Å². The van der Waals surface area contributed by atoms with Crippen LogP contribution in [0.3, 0.4) is 0 Å². The number of para-hydroxylation sites is 1. The number of anilines is 1. The van der Waals surface area contributed by atoms with E-state index in [-0.39, 0.29) is 5.91 Å². The highest BCUT2D eigenvalue weighted by molar-refractivity contribution is 9.10. The van der Waals surface area contributed by atoms with Gasteiger partial charge in [0.15, 0.2) is 0 Å². The Labute approximate surface area is 108 Å². The summed E-state index contributed by atoms with van der Waals surface area (Å²) < 4.78 is 0.848. The summed E-state index contributed by atoms with van der Waals surface area (Å²) in [5, 5.41) is 2.81. The summed E-state index contributed by atoms with van der Waals surface area (Å²) in [6, 6.07) is 12.8. The second kappa shape index (κ2) is 5.10. The minimum atomic E-state index is -0.208. The summed E-state index contributed by atoms with van der Waals surface area (Å²) in [5.41, 5.74) is 1.98. The molecule has 1 heterocycles. The molecule has 0 saturated heterocycles. The Morgan fingerprint density at radius 3 is 2.65 bits per heavy atom. The van der Waals surface area contributed by atoms with Gasteiger partial charge in [0, 0.05) is 10.2 Å². The molecule has 0 saturated carbocycles. The van der Waals surface area contributed by atoms with Gasteiger partial charge in [-0.1, -0.05) is 18.2 Å². The molecule has 0 unspecified atom stereocenters. The molecule has 86 valence electrons. The standard InChI is InChI=1S/C13H11BrN2O/c1-9-5-4-8-12(15-9)13(17)16-11-7-3-2-6-10(11)14/h2-8H,1H3,(H,16,17). The van der Waals surface area contributed by atoms with Crippen LogP contribution in [0.1, 0.15) is 16.2 Å². The van der Waals surface area contributed by atoms with Crippen LogP contribution in [0.5, 0.6) is 0 Å². The highest BCUT2D eigenvalue weighted by Crippen LogP contribution is 2.21. The molecule has 0 aliphatic heterocycles. The van der Waals surface area contributed by atoms with E-state index in [1.54, 1.807) is 6.07 Å². The summed E-state index contributed by atoms with van der Waals surface area (Å²) in [7, 11) is 0. The molecular formula is C13H11BrN2O. The van der Waals surface area contributed by atoms with Crippen LogP contribution in [0.4, 0.5) is 5.69 Å². The molecule has 1 amide bonds. The minimum Gasteiger partial charge on any atom is -0.320 e. The van der Waals surface area contributed by atoms with Crippen molar-refractivity contribution in [3.05, 3.63) is 58.3 Å². The van der Waals surface area contributed by atoms with Gasteiger partial charge in [-0.3, -0.25) is 4.79 Å². The van der Waals surface area contributed by atoms with Gasteiger partial charge < -0.3 is 5.32 Å². The lowest BCUT2D eigenvalue weighted by Gasteiger charge is -2.06. The number of aryl methyl sites for hydroxylation is 1. The van der Waals surface area contributed by atoms with E-state index in [4.69, 9.17) is 0 Å². The van der Waals surface area contributed by atoms with Crippen molar-refractivity contribution < 1.29 is 4.79 Å². The average Bonchev–Trinajstić information content (AvgIpc) is 2.32. The topological polar surface area (TPSA) is 42.0 Å². The number of halogens is 1. The summed E-state index contributed by atoms with van der Waals surface area (Å²) in [6.07, 6.45) is 0. The number of hydrogen-bond donors (Lipinski definition) is 1. The van der Waals surface area contributed by atoms with Gasteiger partial charge in [0.2, 0.25) is 0 Å². The Bertz CT molecular complexity index is 555. The maximum atomic E-state index is 11.9. The number of benzene rings is 1. The molecule has 0 atom stereocenters. The third-order valence-electron chi connectivity index (χ3n) is 2.24. The largest absolute Gasteiger partial charge is 0.320 e. The molecule has 0 aliphatic rings. The van der Waals surface area contributed by atoms with Gasteiger partial charge in [0.1, 0.15) is 5.69 Å². The van der Waals surface area contributed by atoms with Crippen LogP contribution in [-0.4, -0.2) is 10.9 Å². The maximum Gasteiger partial charge on any atom is 0.274 e. The molecule has 2 aromatic rings. The zero-order valence-corrected chi connectivity index (χ0v) is 10.9. The van der Waals surface area contributed by atoms with E-state index < -0.39 is 0 Å². The van der Waals surface area contributed by atoms with Crippen molar-refractivity contribution in [2.24, 2.45) is 0 Å². The van der Waals surface area contributed by atoms with Crippen LogP contribution in [0.25, 0.3) is 0 Å². The number of carbonyl (C=O) groups is 1. The van der Waals surface area contributed by atoms with Gasteiger partial charge in [-0.15, -0.1) is 0 Å². The molecule has 2 rings (SSSR count). The number of rotatable bonds is 2. The Morgan fingerprint density at radius 1 is 1.18 bits per heavy atom. The van der Waals surface area contributed by atoms with Crippen LogP contribution in [-0.2, 0) is 0 Å². The smallest absolute Gasteiger partial charge is 0.274 e. The molecule has 4 heteroatoms. The maximum absolute atomic E-state index is 11.9. The summed E-state index contributed by atoms with van der Waals surface area (Å²) in [5.74, 6) is -0.208. The van der Waals surface area contributed by atoms with Gasteiger partial charge in [0.05, 0.1) is 5.69 Å². The van der Waals surface area contributed by atoms with Crippen molar-refractivity contribution in [3.63, 3.8) is 0 Å². The van der Waals surface area contributed by atoms with Crippen LogP contribution in [0.2, 0.25) is 0 Å². The predicted molar refractivity (Wildman–Crippen MR) is 71.1 cm³/mol. The molecular weight excluding hydrogens is 280 g/mol. The van der Waals surface area contributed by atoms with E-state index in [1.165, 1.54) is 0 Å². The molecule has 1 N–H and O–H groups in total. The first-order valence-corrected chi connectivity index (χ1v) is 5.95. The molecule has 1 aromatic carbocycles. The van der Waals surface area contributed by atoms with Crippen molar-refractivity contribution in [2.75, 3.05) is 5.32 Å². The summed E-state index contributed by atoms with van der Waals surface area (Å²) >= 11 is 3.38. The molecule has 17 heavy (non-hydrogen) atoms. The Hall–Kier alpha value is -1.68. The van der Waals surface area contributed by atoms with Gasteiger partial charge in [-0.25, -0.2) is 4.98 Å². The molecule has 0 spiro atoms. The SMILES string of the molecule is Cc1cccc(C(=O)Nc2ccccc2Br)n1. The number of pyridine rings is 1. The Morgan fingerprint density at radius 2 is 1.94 bits per heavy atom. The molecule has 0 radical (unpaired) electrons. The van der Waals surface area contributed by atoms with Crippen LogP contribution >= 0.6 is 15.9 Å². The normalized spacial score (nSPS) is 10.0. The average molecular weight is 291 g/mol. The highest BCUT2D eigenvalue weighted by Gasteiger charge is 2.08. The number of hydrogen-bond acceptors (Lipinski definition) is 2. The Balaban J connectivity index is 2.20. The number of nitrogens with zero attached hydrogens (tertiary/aromatic N) is 1. The van der Waals surface area contributed by atoms with E-state index >= 15 is 0 Å². The molecule has 3 nitrogen and oxygen atoms in total. The van der Waals surface area contributed by atoms with Crippen LogP contribution in [0, 0.1) is 6.92 Å². The first-order valence-electron chi connectivity index (χ1n) is 5.16. The molecule has 0 bridgehead atoms. The third-order valence-corrected chi connectivity index (χ3v) is 2.93. The lowest BCUT2D eigenvalue weighted by Crippen LogP contribution is -2.14. The number of aromatic nitrogens is 1. The fourth-order valence-corrected chi connectivity index (χ4v) is 1.80. The van der Waals surface area contributed by atoms with Gasteiger partial charge in [0.25, 0.3) is 5.91 Å². The highest BCUT2D eigenvalue weighted by atomic mass is 79.9. The van der Waals surface area contributed by atoms with Crippen molar-refractivity contribution >= 4 is 27.5 Å². The summed E-state index contributed by atoms with van der Waals surface area (Å²) in [6.45, 7) is 1.86. The third kappa shape index (κ3) is 2.91. The zero-order chi connectivity index (χ0) is 12.3. The number of carbonyl (C=O) groups excluding carboxylic acids is 1. The second-order valence-electron chi connectivity index (χ2n) is 3.60. The fourth-order valence-electron chi connectivity index (χ4n) is 1.42. The monoisotopic (exact) mass is 290 g/mol. The molecule has 1 aromatic heterocycles. The van der Waals surface area contributed by atoms with E-state index in [9.17, 15) is 4.79 Å². The summed E-state index contributed by atoms with van der Waals surface area (Å²) in [4.78, 5) is 16.1. The quantitative estimate of drug-likeness (QED) is 0.921. The van der Waals surface area contributed by atoms with Crippen molar-refractivity contribution in [2.45, 2.75) is 6.92 Å². The van der Waals surface area contributed by atoms with E-state index in [2.05, 4.69) is 26.2 Å². The van der Waals surface area contributed by atoms with E-state index in [0.29, 0.717) is 5.69 Å². The zero-order valence-electron chi connectivity index (χ0n) is 9.27. The van der Waals surface area contributed by atoms with Crippen molar-refractivity contribution in [1.29, 1.82) is 0 Å². The van der Waals surface area contributed by atoms with Crippen molar-refractivity contribution in [1.82, 2.24) is 4.98 Å². The van der Waals surface area contributed by atoms with Gasteiger partial charge in [-0.2, -0.15) is 0 Å². The first kappa shape index (κ1) is 11.8. The number of amides is 1. The second-order valence-corrected chi connectivity index (χ2v) is 4.45. The Kier molecular flexibility index (Phi) is 3.54. The molecule has 0 aliphatic carbocycles. The van der Waals surface area contributed by atoms with Crippen LogP contribution < -0.4 is 5.32 Å². The van der Waals surface area contributed by atoms with Gasteiger partial charge >= 0.3 is 0 Å². The minimum absolute atomic E-state index is 0.208. The van der Waals surface area contributed by atoms with Crippen molar-refractivity contribution in [3.8, 4) is 0 Å². The predicted octanol–water partition coefficient (Wildman–Crippen LogP) is 3.40. The van der Waals surface area contributed by atoms with E-state index in [1.807, 2.05) is 43.3 Å². The lowest BCUT2D eigenvalue weighted by molar-refractivity contribution is 0.102. The number of nitrogens with one attached hydrogen (secondary N) is 1. The first-order chi connectivity index (χ1) is 8.16.